The average molecular weight is 659 g/mol. The van der Waals surface area contributed by atoms with Crippen molar-refractivity contribution in [3.05, 3.63) is 66.3 Å². The maximum Gasteiger partial charge on any atom is 0.697 e. The van der Waals surface area contributed by atoms with Gasteiger partial charge < -0.3 is 19.4 Å². The predicted octanol–water partition coefficient (Wildman–Crippen LogP) is 4.82. The summed E-state index contributed by atoms with van der Waals surface area (Å²) in [4.78, 5) is 41.1. The van der Waals surface area contributed by atoms with Gasteiger partial charge in [0.15, 0.2) is 47.5 Å². The normalized spacial score (nSPS) is 26.5. The SMILES string of the molecule is CC[C@H]1O[C@@H](n2cnc(C(C)=O)c2C)[C@H](F)[C@@H]1O[P+](=O)OC[C@@H]1C[C@@H](F)[C@H](n2cnc3c(NC(=O)c4ccccc4)ncnc32)O1. The first kappa shape index (κ1) is 31.9. The molecule has 0 saturated carbocycles. The molecule has 14 nitrogen and oxygen atoms in total. The molecule has 8 atom stereocenters. The number of benzene rings is 1. The van der Waals surface area contributed by atoms with Gasteiger partial charge >= 0.3 is 8.25 Å². The minimum absolute atomic E-state index is 0.0908. The lowest BCUT2D eigenvalue weighted by Crippen LogP contribution is -2.30. The number of aromatic nitrogens is 6. The minimum Gasteiger partial charge on any atom is -0.349 e. The molecule has 1 N–H and O–H groups in total. The van der Waals surface area contributed by atoms with Crippen LogP contribution < -0.4 is 5.32 Å². The van der Waals surface area contributed by atoms with Crippen LogP contribution in [0.5, 0.6) is 0 Å². The first-order chi connectivity index (χ1) is 22.2. The summed E-state index contributed by atoms with van der Waals surface area (Å²) in [5.41, 5.74) is 1.54. The number of ketones is 1. The monoisotopic (exact) mass is 658 g/mol. The van der Waals surface area contributed by atoms with Gasteiger partial charge in [-0.05, 0) is 25.5 Å². The molecule has 0 bridgehead atoms. The number of Topliss-reactive ketones (excluding diaryl/α,β-unsaturated/α-hetero) is 1. The smallest absolute Gasteiger partial charge is 0.349 e. The van der Waals surface area contributed by atoms with Gasteiger partial charge in [-0.1, -0.05) is 25.1 Å². The molecule has 4 aromatic rings. The minimum atomic E-state index is -2.83. The summed E-state index contributed by atoms with van der Waals surface area (Å²) in [5.74, 6) is -0.510. The molecule has 1 amide bonds. The molecule has 242 valence electrons. The van der Waals surface area contributed by atoms with Crippen molar-refractivity contribution >= 4 is 36.9 Å². The van der Waals surface area contributed by atoms with E-state index in [0.717, 1.165) is 0 Å². The van der Waals surface area contributed by atoms with Crippen LogP contribution in [-0.4, -0.2) is 78.0 Å². The summed E-state index contributed by atoms with van der Waals surface area (Å²) in [7, 11) is -2.83. The van der Waals surface area contributed by atoms with Crippen LogP contribution in [0.25, 0.3) is 11.2 Å². The zero-order valence-corrected chi connectivity index (χ0v) is 25.9. The summed E-state index contributed by atoms with van der Waals surface area (Å²) in [6, 6.07) is 8.55. The third-order valence-electron chi connectivity index (χ3n) is 7.92. The van der Waals surface area contributed by atoms with Crippen molar-refractivity contribution < 1.29 is 41.5 Å². The molecule has 2 fully saturated rings. The second kappa shape index (κ2) is 13.3. The Kier molecular flexibility index (Phi) is 9.25. The van der Waals surface area contributed by atoms with Gasteiger partial charge in [0.05, 0.1) is 24.9 Å². The number of ether oxygens (including phenoxy) is 2. The number of alkyl halides is 2. The lowest BCUT2D eigenvalue weighted by atomic mass is 10.1. The molecule has 5 heterocycles. The predicted molar refractivity (Wildman–Crippen MR) is 158 cm³/mol. The number of fused-ring (bicyclic) bond motifs is 1. The number of rotatable bonds is 11. The fraction of sp³-hybridized carbons (Fsp3) is 0.448. The number of imidazole rings is 2. The first-order valence-electron chi connectivity index (χ1n) is 14.6. The Bertz CT molecular complexity index is 1760. The topological polar surface area (TPSA) is 162 Å². The Morgan fingerprint density at radius 3 is 2.54 bits per heavy atom. The quantitative estimate of drug-likeness (QED) is 0.174. The molecular weight excluding hydrogens is 627 g/mol. The third-order valence-corrected chi connectivity index (χ3v) is 8.70. The number of hydrogen-bond acceptors (Lipinski definition) is 11. The second-order valence-electron chi connectivity index (χ2n) is 10.9. The van der Waals surface area contributed by atoms with Crippen LogP contribution in [0.3, 0.4) is 0 Å². The van der Waals surface area contributed by atoms with Gasteiger partial charge in [0.2, 0.25) is 0 Å². The first-order valence-corrected chi connectivity index (χ1v) is 15.7. The fourth-order valence-electron chi connectivity index (χ4n) is 5.62. The Morgan fingerprint density at radius 1 is 1.07 bits per heavy atom. The number of hydrogen-bond donors (Lipinski definition) is 1. The maximum absolute atomic E-state index is 15.6. The van der Waals surface area contributed by atoms with Gasteiger partial charge in [-0.25, -0.2) is 28.7 Å². The number of anilines is 1. The van der Waals surface area contributed by atoms with E-state index in [1.807, 2.05) is 0 Å². The standard InChI is InChI=1S/C29H30F2N7O7P/c1-4-20-24(21(31)29(44-20)37-13-34-22(15(37)2)16(3)39)45-46(41)42-11-18-10-19(30)28(43-18)38-14-35-23-25(32-12-33-26(23)38)36-27(40)17-8-6-5-7-9-17/h5-9,12-14,18-21,24,28-29H,4,10-11H2,1-3H3/p+1/t18-,19+,20+,21+,24+,28+,29+/m0/s1. The molecule has 0 aliphatic carbocycles. The van der Waals surface area contributed by atoms with Gasteiger partial charge in [0.1, 0.15) is 24.8 Å². The van der Waals surface area contributed by atoms with E-state index in [1.54, 1.807) is 44.2 Å². The van der Waals surface area contributed by atoms with Gasteiger partial charge in [-0.15, -0.1) is 9.05 Å². The highest BCUT2D eigenvalue weighted by molar-refractivity contribution is 7.33. The summed E-state index contributed by atoms with van der Waals surface area (Å²) >= 11 is 0. The Hall–Kier alpha value is -4.08. The van der Waals surface area contributed by atoms with Crippen LogP contribution in [0.1, 0.15) is 65.7 Å². The van der Waals surface area contributed by atoms with Gasteiger partial charge in [-0.2, -0.15) is 0 Å². The van der Waals surface area contributed by atoms with Crippen molar-refractivity contribution in [2.75, 3.05) is 11.9 Å². The van der Waals surface area contributed by atoms with E-state index in [0.29, 0.717) is 17.7 Å². The number of nitrogens with one attached hydrogen (secondary N) is 1. The van der Waals surface area contributed by atoms with E-state index in [9.17, 15) is 14.2 Å². The average Bonchev–Trinajstić information content (AvgIpc) is 3.81. The van der Waals surface area contributed by atoms with Crippen LogP contribution in [0, 0.1) is 6.92 Å². The molecule has 0 spiro atoms. The highest BCUT2D eigenvalue weighted by Gasteiger charge is 2.52. The molecule has 17 heteroatoms. The number of nitrogens with zero attached hydrogens (tertiary/aromatic N) is 6. The van der Waals surface area contributed by atoms with E-state index in [1.165, 1.54) is 35.0 Å². The van der Waals surface area contributed by atoms with Crippen molar-refractivity contribution in [3.8, 4) is 0 Å². The van der Waals surface area contributed by atoms with Gasteiger partial charge in [-0.3, -0.25) is 14.2 Å². The van der Waals surface area contributed by atoms with E-state index >= 15 is 8.78 Å². The van der Waals surface area contributed by atoms with Crippen LogP contribution in [0.15, 0.2) is 49.3 Å². The summed E-state index contributed by atoms with van der Waals surface area (Å²) in [6.45, 7) is 4.47. The van der Waals surface area contributed by atoms with E-state index in [-0.39, 0.29) is 41.5 Å². The molecule has 1 unspecified atom stereocenters. The molecular formula is C29H31F2N7O7P+. The number of amides is 1. The van der Waals surface area contributed by atoms with E-state index in [4.69, 9.17) is 18.5 Å². The van der Waals surface area contributed by atoms with Crippen LogP contribution in [0.2, 0.25) is 0 Å². The van der Waals surface area contributed by atoms with Crippen molar-refractivity contribution in [2.45, 2.75) is 76.7 Å². The van der Waals surface area contributed by atoms with Crippen molar-refractivity contribution in [1.29, 1.82) is 0 Å². The Labute approximate surface area is 262 Å². The fourth-order valence-corrected chi connectivity index (χ4v) is 6.42. The molecule has 2 aliphatic rings. The molecule has 46 heavy (non-hydrogen) atoms. The summed E-state index contributed by atoms with van der Waals surface area (Å²) < 4.78 is 68.9. The molecule has 0 radical (unpaired) electrons. The van der Waals surface area contributed by atoms with Gasteiger partial charge in [0, 0.05) is 29.2 Å². The Balaban J connectivity index is 1.07. The highest BCUT2D eigenvalue weighted by atomic mass is 31.1. The zero-order valence-electron chi connectivity index (χ0n) is 25.0. The lowest BCUT2D eigenvalue weighted by Gasteiger charge is -2.16. The summed E-state index contributed by atoms with van der Waals surface area (Å²) in [5, 5.41) is 2.70. The second-order valence-corrected chi connectivity index (χ2v) is 11.8. The zero-order chi connectivity index (χ0) is 32.5. The molecule has 2 saturated heterocycles. The third kappa shape index (κ3) is 6.18. The van der Waals surface area contributed by atoms with Crippen molar-refractivity contribution in [3.63, 3.8) is 0 Å². The van der Waals surface area contributed by atoms with Crippen LogP contribution in [0.4, 0.5) is 14.6 Å². The summed E-state index contributed by atoms with van der Waals surface area (Å²) in [6.07, 6.45) is -4.12. The molecule has 3 aromatic heterocycles. The molecule has 1 aromatic carbocycles. The molecule has 2 aliphatic heterocycles. The number of carbonyl (C=O) groups is 2. The maximum atomic E-state index is 15.6. The number of halogens is 2. The Morgan fingerprint density at radius 2 is 1.83 bits per heavy atom. The van der Waals surface area contributed by atoms with Crippen LogP contribution in [-0.2, 0) is 23.1 Å². The van der Waals surface area contributed by atoms with Crippen molar-refractivity contribution in [1.82, 2.24) is 29.1 Å². The van der Waals surface area contributed by atoms with E-state index in [2.05, 4.69) is 25.3 Å². The highest BCUT2D eigenvalue weighted by Crippen LogP contribution is 2.42. The number of carbonyl (C=O) groups excluding carboxylic acids is 2. The lowest BCUT2D eigenvalue weighted by molar-refractivity contribution is -0.0353. The largest absolute Gasteiger partial charge is 0.697 e. The van der Waals surface area contributed by atoms with Crippen molar-refractivity contribution in [2.24, 2.45) is 0 Å². The molecule has 6 rings (SSSR count). The van der Waals surface area contributed by atoms with Crippen LogP contribution >= 0.6 is 8.25 Å². The van der Waals surface area contributed by atoms with Gasteiger partial charge in [0.25, 0.3) is 5.91 Å². The van der Waals surface area contributed by atoms with E-state index < -0.39 is 57.3 Å².